The summed E-state index contributed by atoms with van der Waals surface area (Å²) in [5, 5.41) is 5.04. The summed E-state index contributed by atoms with van der Waals surface area (Å²) in [6, 6.07) is 5.90. The maximum absolute atomic E-state index is 12.3. The fourth-order valence-corrected chi connectivity index (χ4v) is 3.66. The normalized spacial score (nSPS) is 14.8. The number of carbonyl (C=O) groups is 3. The number of nitrogens with one attached hydrogen (secondary N) is 3. The highest BCUT2D eigenvalue weighted by molar-refractivity contribution is 7.89. The molecule has 1 heterocycles. The fraction of sp³-hybridized carbons (Fsp3) is 0.500. The minimum Gasteiger partial charge on any atom is -0.350 e. The number of amides is 3. The summed E-state index contributed by atoms with van der Waals surface area (Å²) >= 11 is 0. The zero-order valence-corrected chi connectivity index (χ0v) is 17.1. The van der Waals surface area contributed by atoms with Crippen LogP contribution in [-0.2, 0) is 24.4 Å². The quantitative estimate of drug-likeness (QED) is 0.589. The van der Waals surface area contributed by atoms with Gasteiger partial charge in [-0.05, 0) is 51.5 Å². The van der Waals surface area contributed by atoms with Crippen LogP contribution in [0.5, 0.6) is 0 Å². The molecule has 1 aliphatic rings. The van der Waals surface area contributed by atoms with Crippen molar-refractivity contribution in [3.05, 3.63) is 24.3 Å². The predicted molar refractivity (Wildman–Crippen MR) is 104 cm³/mol. The van der Waals surface area contributed by atoms with E-state index < -0.39 is 28.0 Å². The van der Waals surface area contributed by atoms with Crippen molar-refractivity contribution in [2.45, 2.75) is 44.0 Å². The van der Waals surface area contributed by atoms with Crippen molar-refractivity contribution in [3.63, 3.8) is 0 Å². The molecule has 0 saturated carbocycles. The van der Waals surface area contributed by atoms with E-state index in [1.165, 1.54) is 12.1 Å². The molecular weight excluding hydrogens is 384 g/mol. The molecule has 0 spiro atoms. The molecule has 0 unspecified atom stereocenters. The topological polar surface area (TPSA) is 125 Å². The van der Waals surface area contributed by atoms with Crippen LogP contribution in [0.25, 0.3) is 0 Å². The number of rotatable bonds is 7. The highest BCUT2D eigenvalue weighted by Crippen LogP contribution is 2.22. The second kappa shape index (κ2) is 8.70. The van der Waals surface area contributed by atoms with E-state index >= 15 is 0 Å². The van der Waals surface area contributed by atoms with Gasteiger partial charge < -0.3 is 15.5 Å². The number of carbonyl (C=O) groups excluding carboxylic acids is 3. The van der Waals surface area contributed by atoms with E-state index in [9.17, 15) is 22.8 Å². The van der Waals surface area contributed by atoms with E-state index in [2.05, 4.69) is 15.4 Å². The molecule has 0 bridgehead atoms. The highest BCUT2D eigenvalue weighted by atomic mass is 32.2. The largest absolute Gasteiger partial charge is 0.350 e. The van der Waals surface area contributed by atoms with Gasteiger partial charge in [-0.25, -0.2) is 13.1 Å². The molecule has 1 aromatic rings. The van der Waals surface area contributed by atoms with Gasteiger partial charge in [-0.15, -0.1) is 0 Å². The smallest absolute Gasteiger partial charge is 0.241 e. The average Bonchev–Trinajstić information content (AvgIpc) is 3.03. The third-order valence-corrected chi connectivity index (χ3v) is 5.33. The third kappa shape index (κ3) is 6.31. The van der Waals surface area contributed by atoms with Crippen LogP contribution in [0.2, 0.25) is 0 Å². The first-order chi connectivity index (χ1) is 13.0. The summed E-state index contributed by atoms with van der Waals surface area (Å²) < 4.78 is 26.8. The molecule has 3 N–H and O–H groups in total. The van der Waals surface area contributed by atoms with Gasteiger partial charge in [-0.2, -0.15) is 0 Å². The van der Waals surface area contributed by atoms with Crippen molar-refractivity contribution in [2.75, 3.05) is 24.5 Å². The molecule has 0 aliphatic carbocycles. The van der Waals surface area contributed by atoms with Crippen LogP contribution in [-0.4, -0.2) is 51.3 Å². The lowest BCUT2D eigenvalue weighted by atomic mass is 10.1. The van der Waals surface area contributed by atoms with Gasteiger partial charge in [0.15, 0.2) is 0 Å². The van der Waals surface area contributed by atoms with Gasteiger partial charge >= 0.3 is 0 Å². The number of benzene rings is 1. The Labute approximate surface area is 164 Å². The molecule has 3 amide bonds. The Hall–Kier alpha value is -2.46. The van der Waals surface area contributed by atoms with Crippen molar-refractivity contribution < 1.29 is 22.8 Å². The first-order valence-electron chi connectivity index (χ1n) is 8.96. The number of hydrogen-bond acceptors (Lipinski definition) is 5. The Morgan fingerprint density at radius 1 is 1.07 bits per heavy atom. The second-order valence-electron chi connectivity index (χ2n) is 7.54. The Balaban J connectivity index is 1.86. The van der Waals surface area contributed by atoms with Crippen molar-refractivity contribution in [1.29, 1.82) is 0 Å². The molecule has 0 radical (unpaired) electrons. The van der Waals surface area contributed by atoms with Gasteiger partial charge in [-0.1, -0.05) is 0 Å². The van der Waals surface area contributed by atoms with E-state index in [1.807, 2.05) is 20.8 Å². The van der Waals surface area contributed by atoms with Crippen LogP contribution in [0.1, 0.15) is 33.6 Å². The summed E-state index contributed by atoms with van der Waals surface area (Å²) in [6.45, 7) is 5.32. The van der Waals surface area contributed by atoms with Crippen LogP contribution >= 0.6 is 0 Å². The monoisotopic (exact) mass is 410 g/mol. The van der Waals surface area contributed by atoms with Gasteiger partial charge in [-0.3, -0.25) is 14.4 Å². The van der Waals surface area contributed by atoms with Gasteiger partial charge in [0.25, 0.3) is 0 Å². The standard InChI is InChI=1S/C18H26N4O5S/c1-18(2,3)21-16(24)11-19-15(23)12-20-28(26,27)14-8-6-13(7-9-14)22-10-4-5-17(22)25/h6-9,20H,4-5,10-12H2,1-3H3,(H,19,23)(H,21,24). The molecule has 2 rings (SSSR count). The van der Waals surface area contributed by atoms with Crippen molar-refractivity contribution in [1.82, 2.24) is 15.4 Å². The molecule has 1 aliphatic heterocycles. The Bertz CT molecular complexity index is 844. The van der Waals surface area contributed by atoms with E-state index in [-0.39, 0.29) is 23.3 Å². The van der Waals surface area contributed by atoms with E-state index in [0.29, 0.717) is 18.7 Å². The Morgan fingerprint density at radius 2 is 1.71 bits per heavy atom. The molecular formula is C18H26N4O5S. The lowest BCUT2D eigenvalue weighted by Gasteiger charge is -2.20. The molecule has 28 heavy (non-hydrogen) atoms. The van der Waals surface area contributed by atoms with Gasteiger partial charge in [0, 0.05) is 24.2 Å². The van der Waals surface area contributed by atoms with Crippen LogP contribution in [0, 0.1) is 0 Å². The summed E-state index contributed by atoms with van der Waals surface area (Å²) in [4.78, 5) is 36.8. The summed E-state index contributed by atoms with van der Waals surface area (Å²) in [6.07, 6.45) is 1.27. The second-order valence-corrected chi connectivity index (χ2v) is 9.31. The minimum absolute atomic E-state index is 0.0128. The van der Waals surface area contributed by atoms with Crippen molar-refractivity contribution in [2.24, 2.45) is 0 Å². The fourth-order valence-electron chi connectivity index (χ4n) is 2.67. The van der Waals surface area contributed by atoms with Crippen LogP contribution < -0.4 is 20.3 Å². The summed E-state index contributed by atoms with van der Waals surface area (Å²) in [5.41, 5.74) is 0.221. The molecule has 10 heteroatoms. The zero-order valence-electron chi connectivity index (χ0n) is 16.2. The summed E-state index contributed by atoms with van der Waals surface area (Å²) in [5.74, 6) is -0.969. The van der Waals surface area contributed by atoms with Crippen LogP contribution in [0.15, 0.2) is 29.2 Å². The molecule has 0 aromatic heterocycles. The third-order valence-electron chi connectivity index (χ3n) is 3.92. The van der Waals surface area contributed by atoms with Crippen molar-refractivity contribution in [3.8, 4) is 0 Å². The van der Waals surface area contributed by atoms with Crippen LogP contribution in [0.3, 0.4) is 0 Å². The van der Waals surface area contributed by atoms with Crippen LogP contribution in [0.4, 0.5) is 5.69 Å². The minimum atomic E-state index is -3.89. The van der Waals surface area contributed by atoms with Crippen molar-refractivity contribution >= 4 is 33.4 Å². The number of anilines is 1. The molecule has 9 nitrogen and oxygen atoms in total. The first kappa shape index (κ1) is 21.8. The maximum Gasteiger partial charge on any atom is 0.241 e. The Morgan fingerprint density at radius 3 is 2.25 bits per heavy atom. The molecule has 154 valence electrons. The molecule has 1 saturated heterocycles. The molecule has 1 fully saturated rings. The van der Waals surface area contributed by atoms with E-state index in [0.717, 1.165) is 6.42 Å². The lowest BCUT2D eigenvalue weighted by Crippen LogP contribution is -2.47. The highest BCUT2D eigenvalue weighted by Gasteiger charge is 2.23. The predicted octanol–water partition coefficient (Wildman–Crippen LogP) is 0.123. The number of sulfonamides is 1. The van der Waals surface area contributed by atoms with Gasteiger partial charge in [0.05, 0.1) is 18.0 Å². The first-order valence-corrected chi connectivity index (χ1v) is 10.4. The SMILES string of the molecule is CC(C)(C)NC(=O)CNC(=O)CNS(=O)(=O)c1ccc(N2CCCC2=O)cc1. The zero-order chi connectivity index (χ0) is 20.9. The van der Waals surface area contributed by atoms with E-state index in [1.54, 1.807) is 17.0 Å². The van der Waals surface area contributed by atoms with Gasteiger partial charge in [0.2, 0.25) is 27.7 Å². The Kier molecular flexibility index (Phi) is 6.78. The lowest BCUT2D eigenvalue weighted by molar-refractivity contribution is -0.126. The molecule has 1 aromatic carbocycles. The average molecular weight is 410 g/mol. The van der Waals surface area contributed by atoms with E-state index in [4.69, 9.17) is 0 Å². The number of nitrogens with zero attached hydrogens (tertiary/aromatic N) is 1. The molecule has 0 atom stereocenters. The van der Waals surface area contributed by atoms with Gasteiger partial charge in [0.1, 0.15) is 0 Å². The number of hydrogen-bond donors (Lipinski definition) is 3. The summed E-state index contributed by atoms with van der Waals surface area (Å²) in [7, 11) is -3.89. The maximum atomic E-state index is 12.3.